The fourth-order valence-electron chi connectivity index (χ4n) is 1.34. The largest absolute Gasteiger partial charge is 0.460 e. The molecule has 0 aliphatic carbocycles. The number of anilines is 1. The number of hydrogen-bond acceptors (Lipinski definition) is 5. The zero-order valence-corrected chi connectivity index (χ0v) is 7.99. The van der Waals surface area contributed by atoms with E-state index in [9.17, 15) is 4.79 Å². The summed E-state index contributed by atoms with van der Waals surface area (Å²) in [6.45, 7) is 3.78. The number of carbonyl (C=O) groups is 1. The first kappa shape index (κ1) is 8.98. The second-order valence-corrected chi connectivity index (χ2v) is 2.98. The van der Waals surface area contributed by atoms with Gasteiger partial charge in [-0.3, -0.25) is 0 Å². The molecule has 0 aromatic carbocycles. The highest BCUT2D eigenvalue weighted by Crippen LogP contribution is 2.11. The van der Waals surface area contributed by atoms with Crippen molar-refractivity contribution >= 4 is 11.9 Å². The van der Waals surface area contributed by atoms with E-state index < -0.39 is 5.97 Å². The van der Waals surface area contributed by atoms with Crippen molar-refractivity contribution in [1.29, 1.82) is 0 Å². The number of nitrogens with one attached hydrogen (secondary N) is 1. The Morgan fingerprint density at radius 2 is 2.57 bits per heavy atom. The quantitative estimate of drug-likeness (QED) is 0.687. The Bertz CT molecular complexity index is 324. The van der Waals surface area contributed by atoms with E-state index >= 15 is 0 Å². The molecule has 6 nitrogen and oxygen atoms in total. The highest BCUT2D eigenvalue weighted by atomic mass is 16.5. The van der Waals surface area contributed by atoms with Crippen LogP contribution in [0.5, 0.6) is 0 Å². The van der Waals surface area contributed by atoms with E-state index in [1.54, 1.807) is 11.6 Å². The van der Waals surface area contributed by atoms with Crippen LogP contribution in [0.4, 0.5) is 5.95 Å². The van der Waals surface area contributed by atoms with Gasteiger partial charge in [-0.25, -0.2) is 9.48 Å². The van der Waals surface area contributed by atoms with Crippen LogP contribution in [0, 0.1) is 0 Å². The number of nitrogens with zero attached hydrogens (tertiary/aromatic N) is 3. The van der Waals surface area contributed by atoms with Gasteiger partial charge in [-0.15, -0.1) is 5.10 Å². The van der Waals surface area contributed by atoms with Crippen molar-refractivity contribution in [2.45, 2.75) is 19.9 Å². The molecule has 1 aliphatic heterocycles. The molecule has 6 heteroatoms. The molecule has 0 unspecified atom stereocenters. The van der Waals surface area contributed by atoms with E-state index in [4.69, 9.17) is 4.74 Å². The molecule has 0 spiro atoms. The predicted octanol–water partition coefficient (Wildman–Crippen LogP) is 0.270. The summed E-state index contributed by atoms with van der Waals surface area (Å²) in [5, 5.41) is 7.10. The molecule has 1 aliphatic rings. The number of aromatic nitrogens is 3. The molecule has 2 rings (SSSR count). The molecule has 14 heavy (non-hydrogen) atoms. The van der Waals surface area contributed by atoms with E-state index in [1.807, 2.05) is 0 Å². The lowest BCUT2D eigenvalue weighted by molar-refractivity contribution is 0.0511. The van der Waals surface area contributed by atoms with Crippen LogP contribution < -0.4 is 5.32 Å². The van der Waals surface area contributed by atoms with Crippen LogP contribution in [0.15, 0.2) is 0 Å². The second-order valence-electron chi connectivity index (χ2n) is 2.98. The number of carbonyl (C=O) groups excluding carboxylic acids is 1. The van der Waals surface area contributed by atoms with Gasteiger partial charge in [0.15, 0.2) is 0 Å². The van der Waals surface area contributed by atoms with Gasteiger partial charge in [-0.05, 0) is 13.3 Å². The third-order valence-corrected chi connectivity index (χ3v) is 1.96. The van der Waals surface area contributed by atoms with Gasteiger partial charge >= 0.3 is 5.97 Å². The lowest BCUT2D eigenvalue weighted by Crippen LogP contribution is -2.17. The Hall–Kier alpha value is -1.59. The summed E-state index contributed by atoms with van der Waals surface area (Å²) >= 11 is 0. The average molecular weight is 196 g/mol. The van der Waals surface area contributed by atoms with Crippen molar-refractivity contribution in [2.24, 2.45) is 0 Å². The third kappa shape index (κ3) is 1.55. The lowest BCUT2D eigenvalue weighted by atomic mass is 10.4. The smallest absolute Gasteiger partial charge is 0.378 e. The zero-order valence-electron chi connectivity index (χ0n) is 7.99. The molecular weight excluding hydrogens is 184 g/mol. The first-order valence-corrected chi connectivity index (χ1v) is 4.67. The maximum atomic E-state index is 11.3. The van der Waals surface area contributed by atoms with Crippen molar-refractivity contribution in [2.75, 3.05) is 18.5 Å². The number of rotatable bonds is 2. The summed E-state index contributed by atoms with van der Waals surface area (Å²) in [4.78, 5) is 15.3. The molecule has 0 saturated heterocycles. The standard InChI is InChI=1S/C8H12N4O2/c1-2-14-7(13)6-10-8-9-4-3-5-12(8)11-6/h2-5H2,1H3,(H,9,10,11). The highest BCUT2D eigenvalue weighted by Gasteiger charge is 2.18. The minimum Gasteiger partial charge on any atom is -0.460 e. The number of aryl methyl sites for hydroxylation is 1. The van der Waals surface area contributed by atoms with E-state index in [0.717, 1.165) is 19.5 Å². The van der Waals surface area contributed by atoms with Gasteiger partial charge in [0.25, 0.3) is 5.82 Å². The van der Waals surface area contributed by atoms with Crippen LogP contribution in [0.3, 0.4) is 0 Å². The lowest BCUT2D eigenvalue weighted by Gasteiger charge is -2.12. The predicted molar refractivity (Wildman–Crippen MR) is 49.1 cm³/mol. The van der Waals surface area contributed by atoms with Gasteiger partial charge in [0.1, 0.15) is 0 Å². The van der Waals surface area contributed by atoms with Gasteiger partial charge in [0, 0.05) is 13.1 Å². The highest BCUT2D eigenvalue weighted by molar-refractivity contribution is 5.85. The SMILES string of the molecule is CCOC(=O)c1nc2n(n1)CCCN2. The fraction of sp³-hybridized carbons (Fsp3) is 0.625. The number of esters is 1. The van der Waals surface area contributed by atoms with E-state index in [-0.39, 0.29) is 5.82 Å². The molecule has 76 valence electrons. The van der Waals surface area contributed by atoms with Gasteiger partial charge in [0.2, 0.25) is 5.95 Å². The molecule has 0 saturated carbocycles. The van der Waals surface area contributed by atoms with Crippen molar-refractivity contribution < 1.29 is 9.53 Å². The normalized spacial score (nSPS) is 14.4. The summed E-state index contributed by atoms with van der Waals surface area (Å²) in [7, 11) is 0. The zero-order chi connectivity index (χ0) is 9.97. The van der Waals surface area contributed by atoms with Crippen molar-refractivity contribution in [3.8, 4) is 0 Å². The summed E-state index contributed by atoms with van der Waals surface area (Å²) in [6.07, 6.45) is 0.999. The summed E-state index contributed by atoms with van der Waals surface area (Å²) in [6, 6.07) is 0. The van der Waals surface area contributed by atoms with Gasteiger partial charge < -0.3 is 10.1 Å². The number of hydrogen-bond donors (Lipinski definition) is 1. The minimum atomic E-state index is -0.462. The second kappa shape index (κ2) is 3.65. The van der Waals surface area contributed by atoms with Crippen LogP contribution in [0.25, 0.3) is 0 Å². The molecule has 1 aromatic heterocycles. The Balaban J connectivity index is 2.19. The van der Waals surface area contributed by atoms with Crippen LogP contribution in [0.2, 0.25) is 0 Å². The molecule has 0 amide bonds. The van der Waals surface area contributed by atoms with Crippen LogP contribution in [0.1, 0.15) is 24.0 Å². The summed E-state index contributed by atoms with van der Waals surface area (Å²) in [5.74, 6) is 0.326. The van der Waals surface area contributed by atoms with Gasteiger partial charge in [-0.1, -0.05) is 0 Å². The minimum absolute atomic E-state index is 0.135. The topological polar surface area (TPSA) is 69.0 Å². The molecule has 0 radical (unpaired) electrons. The Morgan fingerprint density at radius 3 is 3.29 bits per heavy atom. The maximum absolute atomic E-state index is 11.3. The van der Waals surface area contributed by atoms with Gasteiger partial charge in [-0.2, -0.15) is 4.98 Å². The molecule has 0 bridgehead atoms. The van der Waals surface area contributed by atoms with E-state index in [1.165, 1.54) is 0 Å². The average Bonchev–Trinajstić information content (AvgIpc) is 2.61. The first-order valence-electron chi connectivity index (χ1n) is 4.67. The third-order valence-electron chi connectivity index (χ3n) is 1.96. The van der Waals surface area contributed by atoms with Gasteiger partial charge in [0.05, 0.1) is 6.61 Å². The van der Waals surface area contributed by atoms with E-state index in [2.05, 4.69) is 15.4 Å². The van der Waals surface area contributed by atoms with Crippen molar-refractivity contribution in [3.05, 3.63) is 5.82 Å². The van der Waals surface area contributed by atoms with Crippen LogP contribution in [-0.4, -0.2) is 33.9 Å². The van der Waals surface area contributed by atoms with Crippen molar-refractivity contribution in [3.63, 3.8) is 0 Å². The Labute approximate surface area is 81.3 Å². The number of ether oxygens (including phenoxy) is 1. The molecule has 1 N–H and O–H groups in total. The first-order chi connectivity index (χ1) is 6.81. The Morgan fingerprint density at radius 1 is 1.71 bits per heavy atom. The summed E-state index contributed by atoms with van der Waals surface area (Å²) < 4.78 is 6.49. The fourth-order valence-corrected chi connectivity index (χ4v) is 1.34. The van der Waals surface area contributed by atoms with Crippen LogP contribution >= 0.6 is 0 Å². The molecule has 0 atom stereocenters. The molecule has 1 aromatic rings. The summed E-state index contributed by atoms with van der Waals surface area (Å²) in [5.41, 5.74) is 0. The molecule has 0 fully saturated rings. The monoisotopic (exact) mass is 196 g/mol. The number of fused-ring (bicyclic) bond motifs is 1. The van der Waals surface area contributed by atoms with Crippen LogP contribution in [-0.2, 0) is 11.3 Å². The maximum Gasteiger partial charge on any atom is 0.378 e. The van der Waals surface area contributed by atoms with E-state index in [0.29, 0.717) is 12.6 Å². The molecular formula is C8H12N4O2. The van der Waals surface area contributed by atoms with Crippen molar-refractivity contribution in [1.82, 2.24) is 14.8 Å². The Kier molecular flexibility index (Phi) is 2.34. The molecule has 2 heterocycles.